The van der Waals surface area contributed by atoms with Crippen molar-refractivity contribution in [3.05, 3.63) is 59.7 Å². The van der Waals surface area contributed by atoms with E-state index in [1.807, 2.05) is 0 Å². The smallest absolute Gasteiger partial charge is 0.428 e. The molecule has 1 saturated heterocycles. The summed E-state index contributed by atoms with van der Waals surface area (Å²) in [5.41, 5.74) is 3.01. The first-order valence-corrected chi connectivity index (χ1v) is 12.5. The summed E-state index contributed by atoms with van der Waals surface area (Å²) < 4.78 is 38.2. The number of hydrogen-bond donors (Lipinski definition) is 3. The fourth-order valence-corrected chi connectivity index (χ4v) is 5.92. The molecule has 0 radical (unpaired) electrons. The fraction of sp³-hybridized carbons (Fsp3) is 0.407. The minimum absolute atomic E-state index is 0.0236. The molecule has 3 fully saturated rings. The molecule has 10 nitrogen and oxygen atoms in total. The Labute approximate surface area is 222 Å². The van der Waals surface area contributed by atoms with Crippen molar-refractivity contribution in [2.45, 2.75) is 38.1 Å². The lowest BCUT2D eigenvalue weighted by molar-refractivity contribution is -0.132. The van der Waals surface area contributed by atoms with Crippen LogP contribution in [0.5, 0.6) is 5.75 Å². The minimum atomic E-state index is -1.35. The monoisotopic (exact) mass is 543 g/mol. The highest BCUT2D eigenvalue weighted by Crippen LogP contribution is 2.50. The molecule has 0 bridgehead atoms. The summed E-state index contributed by atoms with van der Waals surface area (Å²) in [5, 5.41) is 25.6. The van der Waals surface area contributed by atoms with Crippen LogP contribution in [0.4, 0.5) is 19.3 Å². The third-order valence-corrected chi connectivity index (χ3v) is 7.75. The molecule has 6 atom stereocenters. The van der Waals surface area contributed by atoms with Gasteiger partial charge in [0.15, 0.2) is 0 Å². The Bertz CT molecular complexity index is 1320. The summed E-state index contributed by atoms with van der Waals surface area (Å²) in [6.45, 7) is -0.0236. The Hall–Kier alpha value is -3.90. The number of carbonyl (C=O) groups is 3. The third-order valence-electron chi connectivity index (χ3n) is 7.75. The highest BCUT2D eigenvalue weighted by atomic mass is 19.1. The van der Waals surface area contributed by atoms with Crippen LogP contribution in [-0.2, 0) is 20.9 Å². The predicted molar refractivity (Wildman–Crippen MR) is 132 cm³/mol. The number of rotatable bonds is 5. The largest absolute Gasteiger partial charge is 0.497 e. The van der Waals surface area contributed by atoms with Gasteiger partial charge >= 0.3 is 6.09 Å². The van der Waals surface area contributed by atoms with E-state index >= 15 is 0 Å². The molecule has 2 aliphatic carbocycles. The van der Waals surface area contributed by atoms with Crippen LogP contribution < -0.4 is 15.1 Å². The number of nitrogens with zero attached hydrogens (tertiary/aromatic N) is 2. The molecule has 2 aromatic carbocycles. The molecule has 206 valence electrons. The Morgan fingerprint density at radius 1 is 1.08 bits per heavy atom. The zero-order chi connectivity index (χ0) is 27.8. The molecule has 2 saturated carbocycles. The van der Waals surface area contributed by atoms with E-state index in [2.05, 4.69) is 10.5 Å². The second-order valence-corrected chi connectivity index (χ2v) is 9.90. The van der Waals surface area contributed by atoms with Crippen LogP contribution in [-0.4, -0.2) is 53.2 Å². The van der Waals surface area contributed by atoms with Crippen molar-refractivity contribution in [2.75, 3.05) is 12.0 Å². The van der Waals surface area contributed by atoms with Crippen molar-refractivity contribution in [3.8, 4) is 5.75 Å². The number of nitrogens with one attached hydrogen (secondary N) is 1. The topological polar surface area (TPSA) is 138 Å². The Balaban J connectivity index is 1.32. The van der Waals surface area contributed by atoms with Crippen molar-refractivity contribution in [3.63, 3.8) is 0 Å². The zero-order valence-electron chi connectivity index (χ0n) is 20.9. The van der Waals surface area contributed by atoms with Gasteiger partial charge in [0.2, 0.25) is 11.8 Å². The van der Waals surface area contributed by atoms with Crippen LogP contribution >= 0.6 is 0 Å². The maximum atomic E-state index is 14.5. The van der Waals surface area contributed by atoms with Crippen molar-refractivity contribution < 1.29 is 42.9 Å². The summed E-state index contributed by atoms with van der Waals surface area (Å²) >= 11 is 0. The summed E-state index contributed by atoms with van der Waals surface area (Å²) in [5.74, 6) is -5.93. The van der Waals surface area contributed by atoms with E-state index in [0.717, 1.165) is 17.7 Å². The third kappa shape index (κ3) is 4.97. The number of benzene rings is 2. The van der Waals surface area contributed by atoms with Crippen molar-refractivity contribution in [1.82, 2.24) is 5.43 Å². The fourth-order valence-electron chi connectivity index (χ4n) is 5.92. The number of aliphatic hydroxyl groups excluding tert-OH is 2. The zero-order valence-corrected chi connectivity index (χ0v) is 20.9. The maximum Gasteiger partial charge on any atom is 0.428 e. The van der Waals surface area contributed by atoms with E-state index in [1.54, 1.807) is 24.3 Å². The van der Waals surface area contributed by atoms with Crippen LogP contribution in [0.25, 0.3) is 0 Å². The number of amides is 3. The number of ether oxygens (including phenoxy) is 2. The van der Waals surface area contributed by atoms with Gasteiger partial charge in [0.25, 0.3) is 0 Å². The van der Waals surface area contributed by atoms with E-state index < -0.39 is 65.4 Å². The second kappa shape index (κ2) is 10.7. The van der Waals surface area contributed by atoms with Crippen LogP contribution in [0.2, 0.25) is 0 Å². The molecule has 3 amide bonds. The average molecular weight is 544 g/mol. The number of halogens is 2. The standard InChI is InChI=1S/C27H27F2N3O7/c1-38-15-5-2-13(3-6-15)12-39-27(37)31-30-19-11-21(33)24(34)22-16(19)7-8-17-23(22)26(36)32(25(17)35)20-9-4-14(28)10-18(20)29/h2-6,9-10,16-17,21-24,33-34H,7-8,11-12H2,1H3,(H,31,37)/b30-19+/t16-,17-,21-,22+,23-,24-/m1/s1. The van der Waals surface area contributed by atoms with E-state index in [9.17, 15) is 33.4 Å². The predicted octanol–water partition coefficient (Wildman–Crippen LogP) is 2.51. The van der Waals surface area contributed by atoms with E-state index in [-0.39, 0.29) is 25.1 Å². The van der Waals surface area contributed by atoms with Gasteiger partial charge in [-0.2, -0.15) is 5.10 Å². The quantitative estimate of drug-likeness (QED) is 0.389. The molecule has 0 spiro atoms. The lowest BCUT2D eigenvalue weighted by Gasteiger charge is -2.45. The molecule has 2 aromatic rings. The molecule has 3 aliphatic rings. The summed E-state index contributed by atoms with van der Waals surface area (Å²) in [6.07, 6.45) is -2.96. The number of methoxy groups -OCH3 is 1. The molecule has 1 aliphatic heterocycles. The van der Waals surface area contributed by atoms with Gasteiger partial charge in [-0.05, 0) is 42.7 Å². The highest BCUT2D eigenvalue weighted by Gasteiger charge is 2.60. The molecule has 5 rings (SSSR count). The number of hydrogen-bond acceptors (Lipinski definition) is 8. The average Bonchev–Trinajstić information content (AvgIpc) is 3.18. The molecule has 12 heteroatoms. The lowest BCUT2D eigenvalue weighted by atomic mass is 9.60. The number of imide groups is 1. The van der Waals surface area contributed by atoms with Gasteiger partial charge in [0.05, 0.1) is 36.8 Å². The van der Waals surface area contributed by atoms with E-state index in [0.29, 0.717) is 28.8 Å². The van der Waals surface area contributed by atoms with Gasteiger partial charge in [-0.25, -0.2) is 23.9 Å². The SMILES string of the molecule is COc1ccc(COC(=O)N/N=C2\C[C@@H](O)[C@@H](O)[C@@H]3[C@@H]4C(=O)N(c5ccc(F)cc5F)C(=O)[C@@H]4CC[C@H]23)cc1. The number of hydrazone groups is 1. The second-order valence-electron chi connectivity index (χ2n) is 9.90. The molecular weight excluding hydrogens is 516 g/mol. The highest BCUT2D eigenvalue weighted by molar-refractivity contribution is 6.22. The molecule has 39 heavy (non-hydrogen) atoms. The van der Waals surface area contributed by atoms with Gasteiger partial charge in [0, 0.05) is 30.0 Å². The van der Waals surface area contributed by atoms with Crippen LogP contribution in [0.15, 0.2) is 47.6 Å². The van der Waals surface area contributed by atoms with Gasteiger partial charge in [-0.15, -0.1) is 0 Å². The first kappa shape index (κ1) is 26.7. The van der Waals surface area contributed by atoms with Gasteiger partial charge < -0.3 is 19.7 Å². The normalized spacial score (nSPS) is 29.2. The maximum absolute atomic E-state index is 14.5. The van der Waals surface area contributed by atoms with Crippen molar-refractivity contribution >= 4 is 29.3 Å². The summed E-state index contributed by atoms with van der Waals surface area (Å²) in [4.78, 5) is 39.6. The van der Waals surface area contributed by atoms with Crippen molar-refractivity contribution in [2.24, 2.45) is 28.8 Å². The number of fused-ring (bicyclic) bond motifs is 3. The van der Waals surface area contributed by atoms with Gasteiger partial charge in [-0.3, -0.25) is 9.59 Å². The Kier molecular flexibility index (Phi) is 7.32. The van der Waals surface area contributed by atoms with Gasteiger partial charge in [0.1, 0.15) is 24.0 Å². The number of carbonyl (C=O) groups excluding carboxylic acids is 3. The van der Waals surface area contributed by atoms with Crippen LogP contribution in [0.3, 0.4) is 0 Å². The first-order valence-electron chi connectivity index (χ1n) is 12.5. The molecule has 0 unspecified atom stereocenters. The van der Waals surface area contributed by atoms with Crippen molar-refractivity contribution in [1.29, 1.82) is 0 Å². The Morgan fingerprint density at radius 2 is 1.79 bits per heavy atom. The number of anilines is 1. The van der Waals surface area contributed by atoms with E-state index in [1.165, 1.54) is 7.11 Å². The molecule has 1 heterocycles. The van der Waals surface area contributed by atoms with Gasteiger partial charge in [-0.1, -0.05) is 12.1 Å². The van der Waals surface area contributed by atoms with Crippen LogP contribution in [0.1, 0.15) is 24.8 Å². The summed E-state index contributed by atoms with van der Waals surface area (Å²) in [7, 11) is 1.54. The summed E-state index contributed by atoms with van der Waals surface area (Å²) in [6, 6.07) is 9.49. The minimum Gasteiger partial charge on any atom is -0.497 e. The van der Waals surface area contributed by atoms with E-state index in [4.69, 9.17) is 9.47 Å². The molecule has 3 N–H and O–H groups in total. The lowest BCUT2D eigenvalue weighted by Crippen LogP contribution is -2.55. The first-order chi connectivity index (χ1) is 18.7. The van der Waals surface area contributed by atoms with Crippen LogP contribution in [0, 0.1) is 35.3 Å². The molecule has 0 aromatic heterocycles. The molecular formula is C27H27F2N3O7. The Morgan fingerprint density at radius 3 is 2.49 bits per heavy atom. The number of aliphatic hydroxyl groups is 2.